The summed E-state index contributed by atoms with van der Waals surface area (Å²) in [7, 11) is 0. The molecular weight excluding hydrogens is 274 g/mol. The molecule has 6 nitrogen and oxygen atoms in total. The summed E-state index contributed by atoms with van der Waals surface area (Å²) in [5.74, 6) is -0.270. The van der Waals surface area contributed by atoms with Crippen molar-refractivity contribution in [1.29, 1.82) is 0 Å². The third kappa shape index (κ3) is 2.23. The van der Waals surface area contributed by atoms with Crippen LogP contribution in [0, 0.1) is 10.1 Å². The van der Waals surface area contributed by atoms with Gasteiger partial charge in [0.05, 0.1) is 10.5 Å². The van der Waals surface area contributed by atoms with Gasteiger partial charge >= 0.3 is 0 Å². The summed E-state index contributed by atoms with van der Waals surface area (Å²) in [5, 5.41) is 20.4. The highest BCUT2D eigenvalue weighted by Gasteiger charge is 2.18. The van der Waals surface area contributed by atoms with Crippen molar-refractivity contribution in [2.75, 3.05) is 0 Å². The lowest BCUT2D eigenvalue weighted by Gasteiger charge is -1.99. The standard InChI is InChI=1S/C15H9NO5/c17-11-4-1-9(2-5-11)15(18)13-8-21-14-6-3-10(16(19)20)7-12(13)14/h1-8,17H. The molecule has 0 amide bonds. The average molecular weight is 283 g/mol. The van der Waals surface area contributed by atoms with Crippen LogP contribution in [-0.2, 0) is 0 Å². The van der Waals surface area contributed by atoms with Crippen LogP contribution in [-0.4, -0.2) is 15.8 Å². The lowest BCUT2D eigenvalue weighted by molar-refractivity contribution is -0.384. The van der Waals surface area contributed by atoms with Crippen LogP contribution in [0.5, 0.6) is 5.75 Å². The normalized spacial score (nSPS) is 10.7. The number of furan rings is 1. The summed E-state index contributed by atoms with van der Waals surface area (Å²) >= 11 is 0. The minimum atomic E-state index is -0.527. The molecule has 104 valence electrons. The number of rotatable bonds is 3. The van der Waals surface area contributed by atoms with Crippen molar-refractivity contribution in [1.82, 2.24) is 0 Å². The molecule has 0 bridgehead atoms. The zero-order valence-corrected chi connectivity index (χ0v) is 10.6. The number of hydrogen-bond acceptors (Lipinski definition) is 5. The molecule has 0 aliphatic rings. The molecule has 0 aliphatic carbocycles. The van der Waals surface area contributed by atoms with E-state index in [-0.39, 0.29) is 22.8 Å². The molecule has 6 heteroatoms. The van der Waals surface area contributed by atoms with Gasteiger partial charge < -0.3 is 9.52 Å². The summed E-state index contributed by atoms with van der Waals surface area (Å²) in [5.41, 5.74) is 0.910. The molecule has 0 atom stereocenters. The Kier molecular flexibility index (Phi) is 2.91. The number of nitrogens with zero attached hydrogens (tertiary/aromatic N) is 1. The quantitative estimate of drug-likeness (QED) is 0.452. The number of phenols is 1. The summed E-state index contributed by atoms with van der Waals surface area (Å²) in [4.78, 5) is 22.7. The number of phenolic OH excluding ortho intramolecular Hbond substituents is 1. The second-order valence-electron chi connectivity index (χ2n) is 4.46. The van der Waals surface area contributed by atoms with Crippen LogP contribution in [0.25, 0.3) is 11.0 Å². The first-order valence-electron chi connectivity index (χ1n) is 6.05. The third-order valence-corrected chi connectivity index (χ3v) is 3.14. The summed E-state index contributed by atoms with van der Waals surface area (Å²) in [6.45, 7) is 0. The smallest absolute Gasteiger partial charge is 0.270 e. The number of ketones is 1. The molecule has 0 spiro atoms. The molecule has 21 heavy (non-hydrogen) atoms. The second-order valence-corrected chi connectivity index (χ2v) is 4.46. The van der Waals surface area contributed by atoms with Crippen molar-refractivity contribution < 1.29 is 19.2 Å². The molecule has 1 heterocycles. The molecule has 3 rings (SSSR count). The van der Waals surface area contributed by atoms with E-state index in [0.717, 1.165) is 0 Å². The average Bonchev–Trinajstić information content (AvgIpc) is 2.90. The molecule has 0 aliphatic heterocycles. The zero-order chi connectivity index (χ0) is 15.0. The maximum atomic E-state index is 12.4. The van der Waals surface area contributed by atoms with Crippen LogP contribution in [0.1, 0.15) is 15.9 Å². The first-order valence-corrected chi connectivity index (χ1v) is 6.05. The molecule has 1 N–H and O–H groups in total. The SMILES string of the molecule is O=C(c1ccc(O)cc1)c1coc2ccc([N+](=O)[O-])cc12. The number of hydrogen-bond donors (Lipinski definition) is 1. The van der Waals surface area contributed by atoms with E-state index in [1.165, 1.54) is 48.7 Å². The van der Waals surface area contributed by atoms with Gasteiger partial charge in [0.25, 0.3) is 5.69 Å². The Hall–Kier alpha value is -3.15. The molecule has 0 saturated carbocycles. The Balaban J connectivity index is 2.11. The molecule has 1 aromatic heterocycles. The highest BCUT2D eigenvalue weighted by molar-refractivity contribution is 6.16. The molecule has 2 aromatic carbocycles. The van der Waals surface area contributed by atoms with Gasteiger partial charge in [-0.3, -0.25) is 14.9 Å². The summed E-state index contributed by atoms with van der Waals surface area (Å²) in [6.07, 6.45) is 1.28. The number of non-ortho nitro benzene ring substituents is 1. The van der Waals surface area contributed by atoms with E-state index in [4.69, 9.17) is 4.42 Å². The number of aromatic hydroxyl groups is 1. The predicted octanol–water partition coefficient (Wildman–Crippen LogP) is 3.28. The van der Waals surface area contributed by atoms with Crippen molar-refractivity contribution in [3.8, 4) is 5.75 Å². The predicted molar refractivity (Wildman–Crippen MR) is 74.4 cm³/mol. The van der Waals surface area contributed by atoms with E-state index in [2.05, 4.69) is 0 Å². The molecule has 0 unspecified atom stereocenters. The van der Waals surface area contributed by atoms with Crippen molar-refractivity contribution in [3.63, 3.8) is 0 Å². The molecule has 0 saturated heterocycles. The van der Waals surface area contributed by atoms with Crippen LogP contribution in [0.2, 0.25) is 0 Å². The van der Waals surface area contributed by atoms with Crippen LogP contribution >= 0.6 is 0 Å². The van der Waals surface area contributed by atoms with Crippen LogP contribution < -0.4 is 0 Å². The fraction of sp³-hybridized carbons (Fsp3) is 0. The first kappa shape index (κ1) is 12.9. The van der Waals surface area contributed by atoms with Gasteiger partial charge in [-0.2, -0.15) is 0 Å². The lowest BCUT2D eigenvalue weighted by Crippen LogP contribution is -1.99. The van der Waals surface area contributed by atoms with Crippen molar-refractivity contribution in [2.24, 2.45) is 0 Å². The van der Waals surface area contributed by atoms with E-state index in [9.17, 15) is 20.0 Å². The fourth-order valence-corrected chi connectivity index (χ4v) is 2.07. The number of carbonyl (C=O) groups excluding carboxylic acids is 1. The van der Waals surface area contributed by atoms with Gasteiger partial charge in [-0.05, 0) is 30.3 Å². The Morgan fingerprint density at radius 2 is 1.86 bits per heavy atom. The van der Waals surface area contributed by atoms with E-state index in [1.807, 2.05) is 0 Å². The molecular formula is C15H9NO5. The van der Waals surface area contributed by atoms with Crippen molar-refractivity contribution in [3.05, 3.63) is 70.0 Å². The van der Waals surface area contributed by atoms with Gasteiger partial charge in [0, 0.05) is 23.1 Å². The number of nitro groups is 1. The zero-order valence-electron chi connectivity index (χ0n) is 10.6. The maximum absolute atomic E-state index is 12.4. The Morgan fingerprint density at radius 1 is 1.14 bits per heavy atom. The number of fused-ring (bicyclic) bond motifs is 1. The largest absolute Gasteiger partial charge is 0.508 e. The molecule has 3 aromatic rings. The number of nitro benzene ring substituents is 1. The summed E-state index contributed by atoms with van der Waals surface area (Å²) in [6, 6.07) is 9.85. The number of benzene rings is 2. The fourth-order valence-electron chi connectivity index (χ4n) is 2.07. The second kappa shape index (κ2) is 4.75. The van der Waals surface area contributed by atoms with Gasteiger partial charge in [0.15, 0.2) is 5.78 Å². The first-order chi connectivity index (χ1) is 10.1. The van der Waals surface area contributed by atoms with Gasteiger partial charge in [-0.25, -0.2) is 0 Å². The topological polar surface area (TPSA) is 93.6 Å². The maximum Gasteiger partial charge on any atom is 0.270 e. The lowest BCUT2D eigenvalue weighted by atomic mass is 10.0. The van der Waals surface area contributed by atoms with E-state index < -0.39 is 4.92 Å². The highest BCUT2D eigenvalue weighted by Crippen LogP contribution is 2.27. The van der Waals surface area contributed by atoms with Crippen LogP contribution in [0.15, 0.2) is 53.1 Å². The Bertz CT molecular complexity index is 848. The monoisotopic (exact) mass is 283 g/mol. The summed E-state index contributed by atoms with van der Waals surface area (Å²) < 4.78 is 5.26. The van der Waals surface area contributed by atoms with E-state index in [1.54, 1.807) is 0 Å². The van der Waals surface area contributed by atoms with Gasteiger partial charge in [0.1, 0.15) is 17.6 Å². The Morgan fingerprint density at radius 3 is 2.52 bits per heavy atom. The van der Waals surface area contributed by atoms with Gasteiger partial charge in [0.2, 0.25) is 0 Å². The van der Waals surface area contributed by atoms with Crippen LogP contribution in [0.3, 0.4) is 0 Å². The molecule has 0 fully saturated rings. The van der Waals surface area contributed by atoms with Crippen molar-refractivity contribution in [2.45, 2.75) is 0 Å². The minimum absolute atomic E-state index is 0.0549. The molecule has 0 radical (unpaired) electrons. The van der Waals surface area contributed by atoms with E-state index in [0.29, 0.717) is 16.5 Å². The third-order valence-electron chi connectivity index (χ3n) is 3.14. The highest BCUT2D eigenvalue weighted by atomic mass is 16.6. The van der Waals surface area contributed by atoms with Crippen molar-refractivity contribution >= 4 is 22.4 Å². The van der Waals surface area contributed by atoms with Gasteiger partial charge in [-0.1, -0.05) is 0 Å². The van der Waals surface area contributed by atoms with Gasteiger partial charge in [-0.15, -0.1) is 0 Å². The number of carbonyl (C=O) groups is 1. The minimum Gasteiger partial charge on any atom is -0.508 e. The Labute approximate surface area is 118 Å². The van der Waals surface area contributed by atoms with Crippen LogP contribution in [0.4, 0.5) is 5.69 Å². The van der Waals surface area contributed by atoms with E-state index >= 15 is 0 Å².